The topological polar surface area (TPSA) is 90.2 Å². The maximum absolute atomic E-state index is 11.8. The van der Waals surface area contributed by atoms with Crippen LogP contribution in [-0.4, -0.2) is 25.2 Å². The average Bonchev–Trinajstić information content (AvgIpc) is 2.15. The van der Waals surface area contributed by atoms with E-state index in [-0.39, 0.29) is 10.6 Å². The van der Waals surface area contributed by atoms with Gasteiger partial charge in [-0.05, 0) is 38.2 Å². The van der Waals surface area contributed by atoms with Crippen LogP contribution >= 0.6 is 0 Å². The molecule has 1 aliphatic rings. The fourth-order valence-corrected chi connectivity index (χ4v) is 2.08. The Morgan fingerprint density at radius 3 is 2.35 bits per heavy atom. The first kappa shape index (κ1) is 13.4. The number of nitrogens with one attached hydrogen (secondary N) is 2. The summed E-state index contributed by atoms with van der Waals surface area (Å²) in [6.07, 6.45) is 6.70. The SMILES string of the molecule is CC(C)=CC(=O)NS(=O)(O)=C1C=CC(=N)C=C1. The molecular weight excluding hydrogens is 240 g/mol. The summed E-state index contributed by atoms with van der Waals surface area (Å²) >= 11 is 0. The van der Waals surface area contributed by atoms with Crippen molar-refractivity contribution in [3.05, 3.63) is 36.0 Å². The lowest BCUT2D eigenvalue weighted by Gasteiger charge is -2.09. The van der Waals surface area contributed by atoms with Gasteiger partial charge in [0.25, 0.3) is 5.91 Å². The summed E-state index contributed by atoms with van der Waals surface area (Å²) in [6.45, 7) is 3.43. The maximum atomic E-state index is 11.8. The fourth-order valence-electron chi connectivity index (χ4n) is 1.13. The second kappa shape index (κ2) is 5.11. The van der Waals surface area contributed by atoms with Crippen LogP contribution in [0, 0.1) is 5.41 Å². The normalized spacial score (nSPS) is 17.6. The number of amides is 1. The summed E-state index contributed by atoms with van der Waals surface area (Å²) in [4.78, 5) is 11.4. The van der Waals surface area contributed by atoms with Gasteiger partial charge in [-0.3, -0.25) is 14.1 Å². The van der Waals surface area contributed by atoms with Gasteiger partial charge >= 0.3 is 0 Å². The third-order valence-corrected chi connectivity index (χ3v) is 3.22. The highest BCUT2D eigenvalue weighted by Gasteiger charge is 2.12. The molecule has 0 aromatic carbocycles. The molecule has 0 fully saturated rings. The highest BCUT2D eigenvalue weighted by molar-refractivity contribution is 7.96. The molecule has 1 amide bonds. The quantitative estimate of drug-likeness (QED) is 0.508. The van der Waals surface area contributed by atoms with Crippen LogP contribution in [0.1, 0.15) is 13.8 Å². The van der Waals surface area contributed by atoms with Gasteiger partial charge in [0.05, 0.1) is 10.6 Å². The summed E-state index contributed by atoms with van der Waals surface area (Å²) in [5.41, 5.74) is 0.971. The second-order valence-electron chi connectivity index (χ2n) is 3.74. The maximum Gasteiger partial charge on any atom is 0.256 e. The van der Waals surface area contributed by atoms with Gasteiger partial charge in [-0.1, -0.05) is 5.57 Å². The summed E-state index contributed by atoms with van der Waals surface area (Å²) in [7, 11) is -3.60. The predicted molar refractivity (Wildman–Crippen MR) is 69.4 cm³/mol. The van der Waals surface area contributed by atoms with Gasteiger partial charge in [-0.2, -0.15) is 0 Å². The van der Waals surface area contributed by atoms with Gasteiger partial charge in [0.2, 0.25) is 0 Å². The molecule has 6 heteroatoms. The molecule has 0 aromatic heterocycles. The zero-order valence-corrected chi connectivity index (χ0v) is 10.4. The highest BCUT2D eigenvalue weighted by atomic mass is 32.2. The molecule has 0 saturated carbocycles. The molecule has 17 heavy (non-hydrogen) atoms. The van der Waals surface area contributed by atoms with Crippen molar-refractivity contribution in [2.24, 2.45) is 0 Å². The van der Waals surface area contributed by atoms with Crippen molar-refractivity contribution in [2.75, 3.05) is 0 Å². The molecule has 5 nitrogen and oxygen atoms in total. The number of carbonyl (C=O) groups excluding carboxylic acids is 1. The second-order valence-corrected chi connectivity index (χ2v) is 5.47. The van der Waals surface area contributed by atoms with E-state index in [0.717, 1.165) is 5.57 Å². The molecule has 1 atom stereocenters. The van der Waals surface area contributed by atoms with E-state index in [0.29, 0.717) is 0 Å². The fraction of sp³-hybridized carbons (Fsp3) is 0.182. The van der Waals surface area contributed by atoms with Crippen molar-refractivity contribution in [3.63, 3.8) is 0 Å². The average molecular weight is 254 g/mol. The summed E-state index contributed by atoms with van der Waals surface area (Å²) in [6, 6.07) is 0. The van der Waals surface area contributed by atoms with Crippen LogP contribution in [0.15, 0.2) is 36.0 Å². The number of allylic oxidation sites excluding steroid dienone is 5. The summed E-state index contributed by atoms with van der Waals surface area (Å²) in [5.74, 6) is -0.618. The number of hydrogen-bond acceptors (Lipinski definition) is 3. The number of hydrogen-bond donors (Lipinski definition) is 3. The molecule has 0 heterocycles. The van der Waals surface area contributed by atoms with Crippen LogP contribution < -0.4 is 4.72 Å². The van der Waals surface area contributed by atoms with E-state index in [9.17, 15) is 13.6 Å². The molecule has 0 aromatic rings. The molecular formula is C11H14N2O3S. The number of carbonyl (C=O) groups is 1. The molecule has 92 valence electrons. The van der Waals surface area contributed by atoms with Crippen molar-refractivity contribution in [3.8, 4) is 0 Å². The van der Waals surface area contributed by atoms with Gasteiger partial charge in [0.1, 0.15) is 0 Å². The molecule has 0 spiro atoms. The van der Waals surface area contributed by atoms with Crippen LogP contribution in [0.3, 0.4) is 0 Å². The van der Waals surface area contributed by atoms with Crippen molar-refractivity contribution in [1.82, 2.24) is 4.72 Å². The van der Waals surface area contributed by atoms with E-state index in [1.54, 1.807) is 13.8 Å². The lowest BCUT2D eigenvalue weighted by atomic mass is 10.2. The molecule has 1 unspecified atom stereocenters. The minimum Gasteiger partial charge on any atom is -0.301 e. The summed E-state index contributed by atoms with van der Waals surface area (Å²) < 4.78 is 23.5. The summed E-state index contributed by atoms with van der Waals surface area (Å²) in [5, 5.41) is 7.26. The van der Waals surface area contributed by atoms with E-state index >= 15 is 0 Å². The Bertz CT molecular complexity index is 539. The van der Waals surface area contributed by atoms with E-state index in [4.69, 9.17) is 5.41 Å². The first-order valence-electron chi connectivity index (χ1n) is 4.86. The van der Waals surface area contributed by atoms with Gasteiger partial charge in [-0.15, -0.1) is 0 Å². The van der Waals surface area contributed by atoms with Crippen molar-refractivity contribution < 1.29 is 13.6 Å². The van der Waals surface area contributed by atoms with Crippen LogP contribution in [0.4, 0.5) is 0 Å². The van der Waals surface area contributed by atoms with E-state index in [1.165, 1.54) is 30.4 Å². The zero-order valence-electron chi connectivity index (χ0n) is 9.56. The Morgan fingerprint density at radius 2 is 1.88 bits per heavy atom. The largest absolute Gasteiger partial charge is 0.301 e. The van der Waals surface area contributed by atoms with Crippen molar-refractivity contribution in [1.29, 1.82) is 5.41 Å². The Hall–Kier alpha value is -1.66. The van der Waals surface area contributed by atoms with Gasteiger partial charge in [0.15, 0.2) is 9.99 Å². The van der Waals surface area contributed by atoms with E-state index < -0.39 is 15.9 Å². The van der Waals surface area contributed by atoms with Crippen LogP contribution in [-0.2, 0) is 14.8 Å². The smallest absolute Gasteiger partial charge is 0.256 e. The predicted octanol–water partition coefficient (Wildman–Crippen LogP) is 1.06. The Kier molecular flexibility index (Phi) is 4.03. The minimum absolute atomic E-state index is 0.0732. The molecule has 0 aliphatic heterocycles. The van der Waals surface area contributed by atoms with Crippen molar-refractivity contribution in [2.45, 2.75) is 13.8 Å². The number of rotatable bonds is 2. The van der Waals surface area contributed by atoms with Crippen LogP contribution in [0.5, 0.6) is 0 Å². The lowest BCUT2D eigenvalue weighted by molar-refractivity contribution is -0.114. The first-order chi connectivity index (χ1) is 7.81. The molecule has 1 aliphatic carbocycles. The Labute approximate surface area is 100 Å². The van der Waals surface area contributed by atoms with E-state index in [2.05, 4.69) is 0 Å². The third-order valence-electron chi connectivity index (χ3n) is 1.83. The zero-order chi connectivity index (χ0) is 13.1. The van der Waals surface area contributed by atoms with E-state index in [1.807, 2.05) is 4.72 Å². The molecule has 0 saturated heterocycles. The minimum atomic E-state index is -3.60. The third kappa shape index (κ3) is 4.01. The Balaban J connectivity index is 3.01. The molecule has 0 radical (unpaired) electrons. The Morgan fingerprint density at radius 1 is 1.35 bits per heavy atom. The standard InChI is InChI=1S/C11H14N2O3S/c1-8(2)7-11(14)13-17(15,16)10-5-3-9(12)4-6-10/h3-7,12H,1-2H3,(H2,13,14,15,16). The lowest BCUT2D eigenvalue weighted by Crippen LogP contribution is -2.33. The molecule has 1 rings (SSSR count). The highest BCUT2D eigenvalue weighted by Crippen LogP contribution is 2.00. The van der Waals surface area contributed by atoms with Gasteiger partial charge in [-0.25, -0.2) is 4.21 Å². The van der Waals surface area contributed by atoms with Gasteiger partial charge < -0.3 is 5.41 Å². The monoisotopic (exact) mass is 254 g/mol. The van der Waals surface area contributed by atoms with Crippen LogP contribution in [0.25, 0.3) is 0 Å². The molecule has 0 bridgehead atoms. The van der Waals surface area contributed by atoms with Crippen molar-refractivity contribution >= 4 is 26.5 Å². The first-order valence-corrected chi connectivity index (χ1v) is 6.38. The van der Waals surface area contributed by atoms with Gasteiger partial charge in [0, 0.05) is 6.08 Å². The molecule has 3 N–H and O–H groups in total. The van der Waals surface area contributed by atoms with Crippen LogP contribution in [0.2, 0.25) is 0 Å².